The molecule has 0 fully saturated rings. The molecular formula is C18H12F2N2O4S2. The van der Waals surface area contributed by atoms with Gasteiger partial charge in [0.25, 0.3) is 0 Å². The number of hydrogen-bond acceptors (Lipinski definition) is 6. The highest BCUT2D eigenvalue weighted by atomic mass is 32.2. The van der Waals surface area contributed by atoms with Crippen molar-refractivity contribution in [2.75, 3.05) is 5.43 Å². The summed E-state index contributed by atoms with van der Waals surface area (Å²) in [5.41, 5.74) is 2.07. The number of pyridine rings is 1. The zero-order valence-electron chi connectivity index (χ0n) is 14.0. The summed E-state index contributed by atoms with van der Waals surface area (Å²) in [5, 5.41) is 21.2. The third-order valence-corrected chi connectivity index (χ3v) is 6.59. The lowest BCUT2D eigenvalue weighted by Gasteiger charge is -2.24. The molecule has 1 aromatic carbocycles. The van der Waals surface area contributed by atoms with E-state index in [4.69, 9.17) is 0 Å². The van der Waals surface area contributed by atoms with Gasteiger partial charge in [-0.05, 0) is 23.1 Å². The van der Waals surface area contributed by atoms with Gasteiger partial charge in [-0.3, -0.25) is 9.47 Å². The molecule has 3 N–H and O–H groups in total. The third-order valence-electron chi connectivity index (χ3n) is 4.38. The van der Waals surface area contributed by atoms with Gasteiger partial charge in [0.05, 0.1) is 0 Å². The second-order valence-corrected chi connectivity index (χ2v) is 7.95. The zero-order chi connectivity index (χ0) is 20.0. The van der Waals surface area contributed by atoms with E-state index in [1.54, 1.807) is 0 Å². The van der Waals surface area contributed by atoms with Crippen LogP contribution in [0, 0.1) is 11.6 Å². The summed E-state index contributed by atoms with van der Waals surface area (Å²) in [6.07, 6.45) is 1.18. The number of fused-ring (bicyclic) bond motifs is 2. The lowest BCUT2D eigenvalue weighted by Crippen LogP contribution is -2.28. The van der Waals surface area contributed by atoms with Crippen LogP contribution in [0.5, 0.6) is 5.75 Å². The van der Waals surface area contributed by atoms with Crippen LogP contribution < -0.4 is 10.9 Å². The van der Waals surface area contributed by atoms with Crippen LogP contribution in [0.15, 0.2) is 45.5 Å². The molecular weight excluding hydrogens is 410 g/mol. The van der Waals surface area contributed by atoms with Crippen molar-refractivity contribution in [1.29, 1.82) is 0 Å². The van der Waals surface area contributed by atoms with Gasteiger partial charge in [-0.15, -0.1) is 23.1 Å². The van der Waals surface area contributed by atoms with Crippen LogP contribution in [0.4, 0.5) is 8.78 Å². The summed E-state index contributed by atoms with van der Waals surface area (Å²) < 4.78 is 29.2. The number of aromatic nitrogens is 1. The molecule has 1 aliphatic rings. The van der Waals surface area contributed by atoms with Gasteiger partial charge in [0.15, 0.2) is 23.1 Å². The number of aromatic hydroxyl groups is 1. The molecule has 3 aromatic rings. The molecule has 4 rings (SSSR count). The van der Waals surface area contributed by atoms with Crippen molar-refractivity contribution < 1.29 is 23.8 Å². The Kier molecular flexibility index (Phi) is 4.60. The van der Waals surface area contributed by atoms with Crippen LogP contribution in [0.2, 0.25) is 0 Å². The molecule has 0 bridgehead atoms. The van der Waals surface area contributed by atoms with Crippen LogP contribution >= 0.6 is 23.1 Å². The smallest absolute Gasteiger partial charge is 0.358 e. The number of hydrogen-bond donors (Lipinski definition) is 3. The first-order valence-corrected chi connectivity index (χ1v) is 9.86. The first-order valence-electron chi connectivity index (χ1n) is 8.00. The first-order chi connectivity index (χ1) is 13.4. The Hall–Kier alpha value is -2.85. The normalized spacial score (nSPS) is 15.4. The Morgan fingerprint density at radius 2 is 2.04 bits per heavy atom. The Bertz CT molecular complexity index is 1160. The van der Waals surface area contributed by atoms with Crippen LogP contribution in [0.1, 0.15) is 32.5 Å². The number of aromatic carboxylic acids is 1. The highest BCUT2D eigenvalue weighted by Gasteiger charge is 2.30. The second kappa shape index (κ2) is 6.95. The molecule has 0 spiro atoms. The SMILES string of the molecule is O=C(O)c1c(O)c(=O)ccn1NC1c2ccc(F)c(F)c2CSc2ccsc21. The quantitative estimate of drug-likeness (QED) is 0.598. The predicted octanol–water partition coefficient (Wildman–Crippen LogP) is 3.53. The van der Waals surface area contributed by atoms with Gasteiger partial charge in [0.2, 0.25) is 5.43 Å². The van der Waals surface area contributed by atoms with E-state index in [1.807, 2.05) is 11.4 Å². The lowest BCUT2D eigenvalue weighted by atomic mass is 9.99. The van der Waals surface area contributed by atoms with Gasteiger partial charge in [-0.1, -0.05) is 6.07 Å². The third kappa shape index (κ3) is 2.94. The maximum Gasteiger partial charge on any atom is 0.358 e. The summed E-state index contributed by atoms with van der Waals surface area (Å²) in [6.45, 7) is 0. The minimum atomic E-state index is -1.51. The van der Waals surface area contributed by atoms with Gasteiger partial charge in [-0.25, -0.2) is 13.6 Å². The summed E-state index contributed by atoms with van der Waals surface area (Å²) in [6, 6.07) is 4.62. The number of rotatable bonds is 3. The molecule has 10 heteroatoms. The number of halogens is 2. The Morgan fingerprint density at radius 3 is 2.79 bits per heavy atom. The largest absolute Gasteiger partial charge is 0.502 e. The maximum atomic E-state index is 14.4. The first kappa shape index (κ1) is 18.5. The van der Waals surface area contributed by atoms with Crippen molar-refractivity contribution in [3.63, 3.8) is 0 Å². The van der Waals surface area contributed by atoms with Crippen molar-refractivity contribution >= 4 is 29.1 Å². The van der Waals surface area contributed by atoms with Gasteiger partial charge in [0.1, 0.15) is 6.04 Å². The summed E-state index contributed by atoms with van der Waals surface area (Å²) in [7, 11) is 0. The van der Waals surface area contributed by atoms with Crippen molar-refractivity contribution in [2.45, 2.75) is 16.7 Å². The Labute approximate surface area is 165 Å². The summed E-state index contributed by atoms with van der Waals surface area (Å²) in [4.78, 5) is 24.8. The number of benzene rings is 1. The minimum Gasteiger partial charge on any atom is -0.502 e. The maximum absolute atomic E-state index is 14.4. The number of thiophene rings is 1. The molecule has 2 aromatic heterocycles. The standard InChI is InChI=1S/C18H12F2N2O4S2/c19-10-2-1-8-9(13(10)20)7-28-12-4-6-27-17(12)14(8)21-22-5-3-11(23)16(24)15(22)18(25)26/h1-6,14,21,24H,7H2,(H,25,26). The van der Waals surface area contributed by atoms with Crippen LogP contribution in [-0.2, 0) is 5.75 Å². The molecule has 28 heavy (non-hydrogen) atoms. The van der Waals surface area contributed by atoms with Crippen LogP contribution in [0.3, 0.4) is 0 Å². The van der Waals surface area contributed by atoms with E-state index < -0.39 is 40.5 Å². The molecule has 0 amide bonds. The van der Waals surface area contributed by atoms with Gasteiger partial charge in [0, 0.05) is 33.4 Å². The number of thioether (sulfide) groups is 1. The van der Waals surface area contributed by atoms with E-state index in [9.17, 15) is 28.6 Å². The molecule has 144 valence electrons. The van der Waals surface area contributed by atoms with Crippen molar-refractivity contribution in [3.05, 3.63) is 79.4 Å². The zero-order valence-corrected chi connectivity index (χ0v) is 15.6. The van der Waals surface area contributed by atoms with E-state index in [2.05, 4.69) is 5.43 Å². The topological polar surface area (TPSA) is 91.6 Å². The van der Waals surface area contributed by atoms with Crippen molar-refractivity contribution in [3.8, 4) is 5.75 Å². The Balaban J connectivity index is 1.90. The van der Waals surface area contributed by atoms with Gasteiger partial charge < -0.3 is 15.6 Å². The fourth-order valence-electron chi connectivity index (χ4n) is 3.06. The number of nitrogens with zero attached hydrogens (tertiary/aromatic N) is 1. The van der Waals surface area contributed by atoms with Crippen LogP contribution in [-0.4, -0.2) is 20.9 Å². The molecule has 1 aliphatic heterocycles. The van der Waals surface area contributed by atoms with Crippen molar-refractivity contribution in [2.24, 2.45) is 0 Å². The monoisotopic (exact) mass is 422 g/mol. The second-order valence-electron chi connectivity index (χ2n) is 5.98. The summed E-state index contributed by atoms with van der Waals surface area (Å²) in [5.74, 6) is -4.13. The van der Waals surface area contributed by atoms with E-state index >= 15 is 0 Å². The summed E-state index contributed by atoms with van der Waals surface area (Å²) >= 11 is 2.73. The minimum absolute atomic E-state index is 0.174. The molecule has 0 saturated carbocycles. The van der Waals surface area contributed by atoms with Crippen molar-refractivity contribution in [1.82, 2.24) is 4.68 Å². The van der Waals surface area contributed by atoms with E-state index in [-0.39, 0.29) is 11.3 Å². The van der Waals surface area contributed by atoms with E-state index in [0.717, 1.165) is 26.6 Å². The van der Waals surface area contributed by atoms with Gasteiger partial charge >= 0.3 is 5.97 Å². The number of nitrogens with one attached hydrogen (secondary N) is 1. The molecule has 0 radical (unpaired) electrons. The molecule has 6 nitrogen and oxygen atoms in total. The average Bonchev–Trinajstić information content (AvgIpc) is 3.06. The van der Waals surface area contributed by atoms with Crippen LogP contribution in [0.25, 0.3) is 0 Å². The fourth-order valence-corrected chi connectivity index (χ4v) is 5.34. The highest BCUT2D eigenvalue weighted by molar-refractivity contribution is 7.98. The molecule has 3 heterocycles. The van der Waals surface area contributed by atoms with Gasteiger partial charge in [-0.2, -0.15) is 0 Å². The lowest BCUT2D eigenvalue weighted by molar-refractivity contribution is 0.0681. The molecule has 1 atom stereocenters. The Morgan fingerprint density at radius 1 is 1.25 bits per heavy atom. The van der Waals surface area contributed by atoms with E-state index in [0.29, 0.717) is 5.56 Å². The number of carboxylic acid groups (broad SMARTS) is 1. The van der Waals surface area contributed by atoms with E-state index in [1.165, 1.54) is 35.4 Å². The fraction of sp³-hybridized carbons (Fsp3) is 0.111. The number of carboxylic acids is 1. The predicted molar refractivity (Wildman–Crippen MR) is 101 cm³/mol. The molecule has 1 unspecified atom stereocenters. The average molecular weight is 422 g/mol. The highest BCUT2D eigenvalue weighted by Crippen LogP contribution is 2.43. The molecule has 0 aliphatic carbocycles. The number of carbonyl (C=O) groups is 1. The molecule has 0 saturated heterocycles.